The first-order chi connectivity index (χ1) is 9.17. The first-order valence-electron chi connectivity index (χ1n) is 7.43. The molecule has 2 rings (SSSR count). The maximum Gasteiger partial charge on any atom is 0.0508 e. The van der Waals surface area contributed by atoms with E-state index in [9.17, 15) is 0 Å². The highest BCUT2D eigenvalue weighted by molar-refractivity contribution is 7.07. The van der Waals surface area contributed by atoms with E-state index >= 15 is 0 Å². The SMILES string of the molecule is CCC(N)C(c1ccsc1)N1CCN(CC)C(C)C1. The first-order valence-corrected chi connectivity index (χ1v) is 8.37. The van der Waals surface area contributed by atoms with Gasteiger partial charge in [0.25, 0.3) is 0 Å². The maximum atomic E-state index is 6.40. The van der Waals surface area contributed by atoms with Crippen LogP contribution >= 0.6 is 11.3 Å². The molecule has 4 heteroatoms. The molecule has 1 aliphatic heterocycles. The van der Waals surface area contributed by atoms with Crippen molar-refractivity contribution in [1.29, 1.82) is 0 Å². The predicted octanol–water partition coefficient (Wildman–Crippen LogP) is 2.55. The van der Waals surface area contributed by atoms with Crippen LogP contribution in [0.3, 0.4) is 0 Å². The van der Waals surface area contributed by atoms with E-state index in [-0.39, 0.29) is 6.04 Å². The van der Waals surface area contributed by atoms with Crippen LogP contribution in [0.1, 0.15) is 38.8 Å². The monoisotopic (exact) mass is 281 g/mol. The molecule has 19 heavy (non-hydrogen) atoms. The molecule has 0 radical (unpaired) electrons. The fourth-order valence-corrected chi connectivity index (χ4v) is 3.83. The van der Waals surface area contributed by atoms with Gasteiger partial charge in [-0.1, -0.05) is 13.8 Å². The second kappa shape index (κ2) is 6.84. The number of hydrogen-bond donors (Lipinski definition) is 1. The van der Waals surface area contributed by atoms with Crippen molar-refractivity contribution in [3.05, 3.63) is 22.4 Å². The van der Waals surface area contributed by atoms with Crippen LogP contribution in [0, 0.1) is 0 Å². The van der Waals surface area contributed by atoms with Crippen molar-refractivity contribution < 1.29 is 0 Å². The van der Waals surface area contributed by atoms with Crippen molar-refractivity contribution in [2.45, 2.75) is 45.3 Å². The summed E-state index contributed by atoms with van der Waals surface area (Å²) in [6.45, 7) is 11.3. The van der Waals surface area contributed by atoms with Gasteiger partial charge in [0.05, 0.1) is 6.04 Å². The van der Waals surface area contributed by atoms with Crippen LogP contribution in [0.4, 0.5) is 0 Å². The molecule has 0 spiro atoms. The van der Waals surface area contributed by atoms with Crippen molar-refractivity contribution in [2.24, 2.45) is 5.73 Å². The lowest BCUT2D eigenvalue weighted by molar-refractivity contribution is 0.0494. The summed E-state index contributed by atoms with van der Waals surface area (Å²) in [5.74, 6) is 0. The molecule has 108 valence electrons. The van der Waals surface area contributed by atoms with Gasteiger partial charge in [0, 0.05) is 31.7 Å². The van der Waals surface area contributed by atoms with Gasteiger partial charge in [-0.3, -0.25) is 9.80 Å². The lowest BCUT2D eigenvalue weighted by Gasteiger charge is -2.44. The fraction of sp³-hybridized carbons (Fsp3) is 0.733. The zero-order chi connectivity index (χ0) is 13.8. The smallest absolute Gasteiger partial charge is 0.0508 e. The summed E-state index contributed by atoms with van der Waals surface area (Å²) in [5, 5.41) is 4.42. The minimum atomic E-state index is 0.231. The molecule has 0 saturated carbocycles. The Balaban J connectivity index is 2.12. The molecular formula is C15H27N3S. The van der Waals surface area contributed by atoms with Gasteiger partial charge >= 0.3 is 0 Å². The van der Waals surface area contributed by atoms with Gasteiger partial charge in [-0.25, -0.2) is 0 Å². The summed E-state index contributed by atoms with van der Waals surface area (Å²) < 4.78 is 0. The molecule has 0 aliphatic carbocycles. The summed E-state index contributed by atoms with van der Waals surface area (Å²) >= 11 is 1.77. The second-order valence-electron chi connectivity index (χ2n) is 5.55. The predicted molar refractivity (Wildman–Crippen MR) is 83.6 cm³/mol. The highest BCUT2D eigenvalue weighted by Gasteiger charge is 2.31. The zero-order valence-electron chi connectivity index (χ0n) is 12.4. The summed E-state index contributed by atoms with van der Waals surface area (Å²) in [6, 6.07) is 3.48. The van der Waals surface area contributed by atoms with E-state index in [0.29, 0.717) is 12.1 Å². The van der Waals surface area contributed by atoms with Crippen LogP contribution in [0.2, 0.25) is 0 Å². The Morgan fingerprint density at radius 1 is 1.42 bits per heavy atom. The third kappa shape index (κ3) is 3.37. The molecule has 1 aromatic heterocycles. The molecule has 3 atom stereocenters. The Labute approximate surface area is 121 Å². The topological polar surface area (TPSA) is 32.5 Å². The van der Waals surface area contributed by atoms with Crippen LogP contribution < -0.4 is 5.73 Å². The van der Waals surface area contributed by atoms with Crippen molar-refractivity contribution >= 4 is 11.3 Å². The summed E-state index contributed by atoms with van der Waals surface area (Å²) in [5.41, 5.74) is 7.80. The Hall–Kier alpha value is -0.420. The number of thiophene rings is 1. The van der Waals surface area contributed by atoms with Gasteiger partial charge in [-0.05, 0) is 42.3 Å². The van der Waals surface area contributed by atoms with Crippen molar-refractivity contribution in [2.75, 3.05) is 26.2 Å². The van der Waals surface area contributed by atoms with Gasteiger partial charge < -0.3 is 5.73 Å². The standard InChI is InChI=1S/C15H27N3S/c1-4-14(16)15(13-6-9-19-11-13)18-8-7-17(5-2)12(3)10-18/h6,9,11-12,14-15H,4-5,7-8,10,16H2,1-3H3. The number of nitrogens with two attached hydrogens (primary N) is 1. The second-order valence-corrected chi connectivity index (χ2v) is 6.33. The molecule has 0 bridgehead atoms. The van der Waals surface area contributed by atoms with Gasteiger partial charge in [0.1, 0.15) is 0 Å². The average Bonchev–Trinajstić information content (AvgIpc) is 2.93. The van der Waals surface area contributed by atoms with E-state index in [1.807, 2.05) is 0 Å². The van der Waals surface area contributed by atoms with Crippen LogP contribution in [0.15, 0.2) is 16.8 Å². The van der Waals surface area contributed by atoms with Gasteiger partial charge in [0.2, 0.25) is 0 Å². The zero-order valence-corrected chi connectivity index (χ0v) is 13.2. The molecule has 2 heterocycles. The number of rotatable bonds is 5. The Bertz CT molecular complexity index is 365. The summed E-state index contributed by atoms with van der Waals surface area (Å²) in [4.78, 5) is 5.14. The molecule has 1 aliphatic rings. The maximum absolute atomic E-state index is 6.40. The highest BCUT2D eigenvalue weighted by atomic mass is 32.1. The first kappa shape index (κ1) is 15.0. The van der Waals surface area contributed by atoms with Crippen LogP contribution in [-0.2, 0) is 0 Å². The molecular weight excluding hydrogens is 254 g/mol. The molecule has 3 unspecified atom stereocenters. The Morgan fingerprint density at radius 3 is 2.74 bits per heavy atom. The molecule has 1 aromatic rings. The number of piperazine rings is 1. The molecule has 1 saturated heterocycles. The van der Waals surface area contributed by atoms with Gasteiger partial charge in [0.15, 0.2) is 0 Å². The van der Waals surface area contributed by atoms with Gasteiger partial charge in [-0.2, -0.15) is 11.3 Å². The van der Waals surface area contributed by atoms with Crippen molar-refractivity contribution in [1.82, 2.24) is 9.80 Å². The molecule has 2 N–H and O–H groups in total. The molecule has 3 nitrogen and oxygen atoms in total. The lowest BCUT2D eigenvalue weighted by atomic mass is 9.97. The van der Waals surface area contributed by atoms with Crippen LogP contribution in [-0.4, -0.2) is 48.1 Å². The number of likely N-dealkylation sites (N-methyl/N-ethyl adjacent to an activating group) is 1. The third-order valence-electron chi connectivity index (χ3n) is 4.36. The van der Waals surface area contributed by atoms with Gasteiger partial charge in [-0.15, -0.1) is 0 Å². The van der Waals surface area contributed by atoms with E-state index in [1.54, 1.807) is 11.3 Å². The summed E-state index contributed by atoms with van der Waals surface area (Å²) in [6.07, 6.45) is 1.03. The minimum Gasteiger partial charge on any atom is -0.326 e. The summed E-state index contributed by atoms with van der Waals surface area (Å²) in [7, 11) is 0. The lowest BCUT2D eigenvalue weighted by Crippen LogP contribution is -2.55. The highest BCUT2D eigenvalue weighted by Crippen LogP contribution is 2.29. The Morgan fingerprint density at radius 2 is 2.21 bits per heavy atom. The minimum absolute atomic E-state index is 0.231. The number of nitrogens with zero attached hydrogens (tertiary/aromatic N) is 2. The van der Waals surface area contributed by atoms with E-state index in [1.165, 1.54) is 5.56 Å². The van der Waals surface area contributed by atoms with E-state index in [4.69, 9.17) is 5.73 Å². The molecule has 0 amide bonds. The normalized spacial score (nSPS) is 25.4. The number of hydrogen-bond acceptors (Lipinski definition) is 4. The molecule has 0 aromatic carbocycles. The van der Waals surface area contributed by atoms with E-state index in [0.717, 1.165) is 32.6 Å². The largest absolute Gasteiger partial charge is 0.326 e. The van der Waals surface area contributed by atoms with Crippen molar-refractivity contribution in [3.63, 3.8) is 0 Å². The fourth-order valence-electron chi connectivity index (χ4n) is 3.14. The average molecular weight is 281 g/mol. The Kier molecular flexibility index (Phi) is 5.39. The van der Waals surface area contributed by atoms with E-state index < -0.39 is 0 Å². The van der Waals surface area contributed by atoms with Crippen LogP contribution in [0.5, 0.6) is 0 Å². The third-order valence-corrected chi connectivity index (χ3v) is 5.06. The van der Waals surface area contributed by atoms with E-state index in [2.05, 4.69) is 47.4 Å². The molecule has 1 fully saturated rings. The van der Waals surface area contributed by atoms with Crippen molar-refractivity contribution in [3.8, 4) is 0 Å². The van der Waals surface area contributed by atoms with Crippen LogP contribution in [0.25, 0.3) is 0 Å². The quantitative estimate of drug-likeness (QED) is 0.900.